The zero-order valence-electron chi connectivity index (χ0n) is 15.1. The number of para-hydroxylation sites is 1. The number of benzene rings is 1. The molecule has 1 aliphatic heterocycles. The first-order valence-electron chi connectivity index (χ1n) is 8.57. The Morgan fingerprint density at radius 2 is 2.15 bits per heavy atom. The first kappa shape index (κ1) is 20.1. The fourth-order valence-electron chi connectivity index (χ4n) is 2.56. The summed E-state index contributed by atoms with van der Waals surface area (Å²) in [5, 5.41) is 5.84. The van der Waals surface area contributed by atoms with Gasteiger partial charge in [-0.25, -0.2) is 9.38 Å². The maximum absolute atomic E-state index is 13.8. The van der Waals surface area contributed by atoms with Crippen LogP contribution in [0.2, 0.25) is 0 Å². The average molecular weight is 371 g/mol. The Bertz CT molecular complexity index is 789. The lowest BCUT2D eigenvalue weighted by molar-refractivity contribution is -0.112. The van der Waals surface area contributed by atoms with Crippen LogP contribution < -0.4 is 10.6 Å². The Labute approximate surface area is 157 Å². The highest BCUT2D eigenvalue weighted by Crippen LogP contribution is 2.19. The smallest absolute Gasteiger partial charge is 0.257 e. The number of methoxy groups -OCH3 is 1. The van der Waals surface area contributed by atoms with E-state index in [0.717, 1.165) is 31.5 Å². The quantitative estimate of drug-likeness (QED) is 0.254. The van der Waals surface area contributed by atoms with Crippen molar-refractivity contribution in [2.75, 3.05) is 19.0 Å². The van der Waals surface area contributed by atoms with E-state index in [-0.39, 0.29) is 5.69 Å². The molecule has 142 valence electrons. The second kappa shape index (κ2) is 10.7. The first-order valence-corrected chi connectivity index (χ1v) is 8.57. The third-order valence-corrected chi connectivity index (χ3v) is 3.91. The molecule has 2 rings (SSSR count). The van der Waals surface area contributed by atoms with Crippen LogP contribution in [0, 0.1) is 5.82 Å². The van der Waals surface area contributed by atoms with Gasteiger partial charge in [0.15, 0.2) is 0 Å². The molecular weight excluding hydrogens is 349 g/mol. The molecule has 0 unspecified atom stereocenters. The molecule has 1 saturated heterocycles. The molecule has 0 saturated carbocycles. The maximum Gasteiger partial charge on any atom is 0.257 e. The molecule has 0 bridgehead atoms. The molecule has 7 heteroatoms. The van der Waals surface area contributed by atoms with Crippen molar-refractivity contribution in [3.05, 3.63) is 65.3 Å². The molecule has 0 aromatic heterocycles. The van der Waals surface area contributed by atoms with Gasteiger partial charge in [-0.1, -0.05) is 18.2 Å². The van der Waals surface area contributed by atoms with E-state index in [0.29, 0.717) is 17.7 Å². The Morgan fingerprint density at radius 1 is 1.33 bits per heavy atom. The Morgan fingerprint density at radius 3 is 2.81 bits per heavy atom. The normalized spacial score (nSPS) is 16.9. The van der Waals surface area contributed by atoms with Crippen molar-refractivity contribution < 1.29 is 18.7 Å². The molecule has 27 heavy (non-hydrogen) atoms. The number of nitrogens with zero attached hydrogens (tertiary/aromatic N) is 1. The van der Waals surface area contributed by atoms with Crippen LogP contribution >= 0.6 is 0 Å². The summed E-state index contributed by atoms with van der Waals surface area (Å²) in [6.45, 7) is 0.783. The number of hydrogen-bond donors (Lipinski definition) is 2. The van der Waals surface area contributed by atoms with Gasteiger partial charge in [0.1, 0.15) is 11.6 Å². The van der Waals surface area contributed by atoms with Crippen molar-refractivity contribution in [3.63, 3.8) is 0 Å². The molecule has 2 amide bonds. The molecule has 0 atom stereocenters. The number of nitrogens with one attached hydrogen (secondary N) is 2. The predicted molar refractivity (Wildman–Crippen MR) is 103 cm³/mol. The third-order valence-electron chi connectivity index (χ3n) is 3.91. The van der Waals surface area contributed by atoms with Gasteiger partial charge in [-0.2, -0.15) is 0 Å². The molecule has 1 fully saturated rings. The standard InChI is InChI=1S/C20H22FN3O3/c1-27-15(13-22-14-25)7-6-8-16(18-10-4-5-12-23-18)20(26)24-19-11-3-2-9-17(19)21/h2-3,6-9,11,13-14,23H,4-5,10,12H2,1H3,(H,24,26)/b8-6+,15-7+,18-16-,22-13-. The minimum absolute atomic E-state index is 0.121. The monoisotopic (exact) mass is 371 g/mol. The van der Waals surface area contributed by atoms with Crippen LogP contribution in [0.1, 0.15) is 19.3 Å². The second-order valence-electron chi connectivity index (χ2n) is 5.73. The minimum atomic E-state index is -0.498. The summed E-state index contributed by atoms with van der Waals surface area (Å²) in [6.07, 6.45) is 9.22. The fraction of sp³-hybridized carbons (Fsp3) is 0.250. The number of hydrogen-bond acceptors (Lipinski definition) is 4. The molecule has 1 heterocycles. The molecule has 2 N–H and O–H groups in total. The van der Waals surface area contributed by atoms with Gasteiger partial charge >= 0.3 is 0 Å². The topological polar surface area (TPSA) is 79.8 Å². The summed E-state index contributed by atoms with van der Waals surface area (Å²) in [6, 6.07) is 6.01. The first-order chi connectivity index (χ1) is 13.2. The molecule has 1 aliphatic rings. The van der Waals surface area contributed by atoms with Gasteiger partial charge in [0.2, 0.25) is 6.41 Å². The van der Waals surface area contributed by atoms with Gasteiger partial charge < -0.3 is 15.4 Å². The van der Waals surface area contributed by atoms with Crippen molar-refractivity contribution in [1.29, 1.82) is 0 Å². The lowest BCUT2D eigenvalue weighted by Crippen LogP contribution is -2.25. The summed E-state index contributed by atoms with van der Waals surface area (Å²) < 4.78 is 18.9. The molecule has 0 spiro atoms. The second-order valence-corrected chi connectivity index (χ2v) is 5.73. The number of carbonyl (C=O) groups is 2. The third kappa shape index (κ3) is 6.22. The number of anilines is 1. The zero-order valence-corrected chi connectivity index (χ0v) is 15.1. The summed E-state index contributed by atoms with van der Waals surface area (Å²) in [7, 11) is 1.45. The molecule has 0 aliphatic carbocycles. The number of rotatable bonds is 7. The fourth-order valence-corrected chi connectivity index (χ4v) is 2.56. The minimum Gasteiger partial charge on any atom is -0.495 e. The molecule has 6 nitrogen and oxygen atoms in total. The Kier molecular flexibility index (Phi) is 7.96. The van der Waals surface area contributed by atoms with Crippen molar-refractivity contribution in [2.24, 2.45) is 4.99 Å². The van der Waals surface area contributed by atoms with Crippen LogP contribution in [0.5, 0.6) is 0 Å². The number of allylic oxidation sites excluding steroid dienone is 4. The highest BCUT2D eigenvalue weighted by atomic mass is 19.1. The summed E-state index contributed by atoms with van der Waals surface area (Å²) in [5.74, 6) is -0.550. The van der Waals surface area contributed by atoms with Gasteiger partial charge in [-0.15, -0.1) is 0 Å². The van der Waals surface area contributed by atoms with Gasteiger partial charge in [-0.3, -0.25) is 9.59 Å². The molecule has 1 aromatic carbocycles. The van der Waals surface area contributed by atoms with Gasteiger partial charge in [-0.05, 0) is 43.5 Å². The van der Waals surface area contributed by atoms with Crippen molar-refractivity contribution in [2.45, 2.75) is 19.3 Å². The predicted octanol–water partition coefficient (Wildman–Crippen LogP) is 3.11. The van der Waals surface area contributed by atoms with Gasteiger partial charge in [0, 0.05) is 12.2 Å². The largest absolute Gasteiger partial charge is 0.495 e. The van der Waals surface area contributed by atoms with E-state index in [9.17, 15) is 14.0 Å². The lowest BCUT2D eigenvalue weighted by atomic mass is 10.0. The van der Waals surface area contributed by atoms with E-state index in [1.54, 1.807) is 30.4 Å². The van der Waals surface area contributed by atoms with Crippen LogP contribution in [0.25, 0.3) is 0 Å². The highest BCUT2D eigenvalue weighted by Gasteiger charge is 2.16. The number of ether oxygens (including phenoxy) is 1. The highest BCUT2D eigenvalue weighted by molar-refractivity contribution is 6.06. The number of carbonyl (C=O) groups excluding carboxylic acids is 2. The average Bonchev–Trinajstić information content (AvgIpc) is 2.70. The van der Waals surface area contributed by atoms with Crippen LogP contribution in [0.15, 0.2) is 64.5 Å². The summed E-state index contributed by atoms with van der Waals surface area (Å²) in [4.78, 5) is 26.5. The Balaban J connectivity index is 2.26. The zero-order chi connectivity index (χ0) is 19.5. The van der Waals surface area contributed by atoms with E-state index < -0.39 is 11.7 Å². The summed E-state index contributed by atoms with van der Waals surface area (Å²) >= 11 is 0. The number of aliphatic imine (C=N–C) groups is 1. The SMILES string of the molecule is COC(/C=N\C=O)=C/C=C/C(C(=O)Nc1ccccc1F)=C1\CCCCN1. The Hall–Kier alpha value is -3.22. The van der Waals surface area contributed by atoms with Crippen molar-refractivity contribution in [1.82, 2.24) is 5.32 Å². The number of amides is 2. The van der Waals surface area contributed by atoms with E-state index in [1.807, 2.05) is 0 Å². The molecule has 0 radical (unpaired) electrons. The number of halogens is 1. The van der Waals surface area contributed by atoms with Crippen LogP contribution in [-0.4, -0.2) is 32.2 Å². The van der Waals surface area contributed by atoms with E-state index in [2.05, 4.69) is 15.6 Å². The van der Waals surface area contributed by atoms with E-state index >= 15 is 0 Å². The van der Waals surface area contributed by atoms with E-state index in [1.165, 1.54) is 25.5 Å². The maximum atomic E-state index is 13.8. The van der Waals surface area contributed by atoms with E-state index in [4.69, 9.17) is 4.74 Å². The van der Waals surface area contributed by atoms with Crippen molar-refractivity contribution in [3.8, 4) is 0 Å². The van der Waals surface area contributed by atoms with Gasteiger partial charge in [0.25, 0.3) is 5.91 Å². The number of piperidine rings is 1. The lowest BCUT2D eigenvalue weighted by Gasteiger charge is -2.19. The molecule has 1 aromatic rings. The van der Waals surface area contributed by atoms with Crippen LogP contribution in [-0.2, 0) is 14.3 Å². The summed E-state index contributed by atoms with van der Waals surface area (Å²) in [5.41, 5.74) is 1.34. The van der Waals surface area contributed by atoms with Crippen molar-refractivity contribution >= 4 is 24.2 Å². The molecular formula is C20H22FN3O3. The van der Waals surface area contributed by atoms with Crippen LogP contribution in [0.4, 0.5) is 10.1 Å². The van der Waals surface area contributed by atoms with Gasteiger partial charge in [0.05, 0.1) is 24.6 Å². The van der Waals surface area contributed by atoms with Crippen LogP contribution in [0.3, 0.4) is 0 Å².